The summed E-state index contributed by atoms with van der Waals surface area (Å²) in [7, 11) is 2.06. The monoisotopic (exact) mass is 300 g/mol. The number of imidazole rings is 1. The molecule has 118 valence electrons. The Morgan fingerprint density at radius 1 is 1.23 bits per heavy atom. The maximum Gasteiger partial charge on any atom is 0.123 e. The Morgan fingerprint density at radius 2 is 1.95 bits per heavy atom. The van der Waals surface area contributed by atoms with Crippen LogP contribution in [-0.4, -0.2) is 43.7 Å². The van der Waals surface area contributed by atoms with Crippen LogP contribution in [0.4, 0.5) is 0 Å². The Hall–Kier alpha value is -1.72. The van der Waals surface area contributed by atoms with Gasteiger partial charge in [0.25, 0.3) is 0 Å². The normalized spacial score (nSPS) is 22.4. The molecule has 2 atom stereocenters. The zero-order valence-electron chi connectivity index (χ0n) is 13.5. The van der Waals surface area contributed by atoms with Crippen molar-refractivity contribution in [2.45, 2.75) is 32.9 Å². The van der Waals surface area contributed by atoms with Crippen LogP contribution in [0.2, 0.25) is 0 Å². The van der Waals surface area contributed by atoms with Crippen LogP contribution in [0.3, 0.4) is 0 Å². The number of rotatable bonds is 4. The van der Waals surface area contributed by atoms with Gasteiger partial charge in [-0.25, -0.2) is 4.98 Å². The number of β-amino-alcohol motifs (C(OH)–C–C–N with tert-alkyl or cyclic N) is 1. The molecule has 1 aliphatic rings. The van der Waals surface area contributed by atoms with Crippen LogP contribution in [0.25, 0.3) is 0 Å². The number of aromatic nitrogens is 3. The zero-order valence-corrected chi connectivity index (χ0v) is 13.5. The van der Waals surface area contributed by atoms with Gasteiger partial charge in [0.1, 0.15) is 5.82 Å². The van der Waals surface area contributed by atoms with Crippen molar-refractivity contribution in [3.05, 3.63) is 47.3 Å². The van der Waals surface area contributed by atoms with Crippen molar-refractivity contribution in [1.82, 2.24) is 19.4 Å². The van der Waals surface area contributed by atoms with Crippen molar-refractivity contribution in [2.75, 3.05) is 13.1 Å². The molecule has 1 fully saturated rings. The van der Waals surface area contributed by atoms with Gasteiger partial charge in [0.2, 0.25) is 0 Å². The predicted octanol–water partition coefficient (Wildman–Crippen LogP) is 1.47. The third kappa shape index (κ3) is 3.05. The van der Waals surface area contributed by atoms with Crippen LogP contribution in [0.5, 0.6) is 0 Å². The number of hydrogen-bond donors (Lipinski definition) is 1. The van der Waals surface area contributed by atoms with Gasteiger partial charge in [-0.1, -0.05) is 0 Å². The molecule has 0 aromatic carbocycles. The number of hydrogen-bond acceptors (Lipinski definition) is 4. The van der Waals surface area contributed by atoms with Crippen LogP contribution in [-0.2, 0) is 20.0 Å². The summed E-state index contributed by atoms with van der Waals surface area (Å²) >= 11 is 0. The van der Waals surface area contributed by atoms with Gasteiger partial charge in [0, 0.05) is 44.1 Å². The molecular formula is C17H24N4O. The van der Waals surface area contributed by atoms with Gasteiger partial charge in [-0.05, 0) is 38.0 Å². The third-order valence-electron chi connectivity index (χ3n) is 4.81. The molecule has 1 aliphatic heterocycles. The van der Waals surface area contributed by atoms with Crippen LogP contribution in [0.15, 0.2) is 24.5 Å². The molecule has 5 heteroatoms. The van der Waals surface area contributed by atoms with Crippen molar-refractivity contribution < 1.29 is 5.11 Å². The highest BCUT2D eigenvalue weighted by molar-refractivity contribution is 5.14. The first kappa shape index (κ1) is 15.2. The number of aliphatic hydroxyl groups is 1. The molecule has 2 aromatic heterocycles. The maximum atomic E-state index is 10.3. The Morgan fingerprint density at radius 3 is 2.59 bits per heavy atom. The van der Waals surface area contributed by atoms with E-state index in [4.69, 9.17) is 0 Å². The molecule has 5 nitrogen and oxygen atoms in total. The Kier molecular flexibility index (Phi) is 4.27. The predicted molar refractivity (Wildman–Crippen MR) is 85.4 cm³/mol. The standard InChI is InChI=1S/C17H24N4O/c1-12-13(2)20(3)17(19-12)11-21-9-15(16(22)10-21)8-14-4-6-18-7-5-14/h4-7,15-16,22H,8-11H2,1-3H3/t15-,16+/m1/s1. The molecule has 0 spiro atoms. The summed E-state index contributed by atoms with van der Waals surface area (Å²) in [6, 6.07) is 4.06. The van der Waals surface area contributed by atoms with E-state index in [1.807, 2.05) is 31.5 Å². The summed E-state index contributed by atoms with van der Waals surface area (Å²) in [5.41, 5.74) is 3.54. The average Bonchev–Trinajstić information content (AvgIpc) is 2.96. The second kappa shape index (κ2) is 6.18. The van der Waals surface area contributed by atoms with E-state index in [1.54, 1.807) is 0 Å². The number of aryl methyl sites for hydroxylation is 1. The summed E-state index contributed by atoms with van der Waals surface area (Å²) in [6.45, 7) is 6.57. The lowest BCUT2D eigenvalue weighted by Crippen LogP contribution is -2.23. The minimum absolute atomic E-state index is 0.268. The van der Waals surface area contributed by atoms with Crippen LogP contribution in [0.1, 0.15) is 22.8 Å². The molecule has 0 radical (unpaired) electrons. The second-order valence-electron chi connectivity index (χ2n) is 6.34. The Labute approximate surface area is 131 Å². The molecule has 0 bridgehead atoms. The van der Waals surface area contributed by atoms with Crippen LogP contribution >= 0.6 is 0 Å². The van der Waals surface area contributed by atoms with Gasteiger partial charge < -0.3 is 9.67 Å². The van der Waals surface area contributed by atoms with Crippen molar-refractivity contribution in [3.63, 3.8) is 0 Å². The molecular weight excluding hydrogens is 276 g/mol. The van der Waals surface area contributed by atoms with E-state index in [0.29, 0.717) is 0 Å². The van der Waals surface area contributed by atoms with E-state index in [9.17, 15) is 5.11 Å². The minimum Gasteiger partial charge on any atom is -0.391 e. The number of nitrogens with zero attached hydrogens (tertiary/aromatic N) is 4. The Balaban J connectivity index is 1.64. The van der Waals surface area contributed by atoms with E-state index in [1.165, 1.54) is 11.3 Å². The van der Waals surface area contributed by atoms with E-state index >= 15 is 0 Å². The fourth-order valence-corrected chi connectivity index (χ4v) is 3.22. The fourth-order valence-electron chi connectivity index (χ4n) is 3.22. The lowest BCUT2D eigenvalue weighted by Gasteiger charge is -2.15. The van der Waals surface area contributed by atoms with Crippen molar-refractivity contribution >= 4 is 0 Å². The van der Waals surface area contributed by atoms with Crippen molar-refractivity contribution in [1.29, 1.82) is 0 Å². The largest absolute Gasteiger partial charge is 0.391 e. The molecule has 3 rings (SSSR count). The maximum absolute atomic E-state index is 10.3. The second-order valence-corrected chi connectivity index (χ2v) is 6.34. The summed E-state index contributed by atoms with van der Waals surface area (Å²) in [4.78, 5) is 11.0. The van der Waals surface area contributed by atoms with Crippen LogP contribution < -0.4 is 0 Å². The summed E-state index contributed by atoms with van der Waals surface area (Å²) in [6.07, 6.45) is 4.26. The van der Waals surface area contributed by atoms with E-state index in [-0.39, 0.29) is 12.0 Å². The van der Waals surface area contributed by atoms with E-state index in [0.717, 1.165) is 37.6 Å². The summed E-state index contributed by atoms with van der Waals surface area (Å²) in [5.74, 6) is 1.36. The van der Waals surface area contributed by atoms with Gasteiger partial charge >= 0.3 is 0 Å². The molecule has 1 N–H and O–H groups in total. The molecule has 0 saturated carbocycles. The molecule has 2 aromatic rings. The van der Waals surface area contributed by atoms with Crippen LogP contribution in [0, 0.1) is 19.8 Å². The zero-order chi connectivity index (χ0) is 15.7. The highest BCUT2D eigenvalue weighted by atomic mass is 16.3. The summed E-state index contributed by atoms with van der Waals surface area (Å²) < 4.78 is 2.15. The molecule has 22 heavy (non-hydrogen) atoms. The molecule has 0 aliphatic carbocycles. The van der Waals surface area contributed by atoms with Gasteiger partial charge in [-0.15, -0.1) is 0 Å². The quantitative estimate of drug-likeness (QED) is 0.929. The minimum atomic E-state index is -0.268. The molecule has 3 heterocycles. The third-order valence-corrected chi connectivity index (χ3v) is 4.81. The first-order valence-corrected chi connectivity index (χ1v) is 7.82. The van der Waals surface area contributed by atoms with Crippen molar-refractivity contribution in [3.8, 4) is 0 Å². The number of pyridine rings is 1. The Bertz CT molecular complexity index is 638. The molecule has 0 amide bonds. The topological polar surface area (TPSA) is 54.2 Å². The highest BCUT2D eigenvalue weighted by Crippen LogP contribution is 2.23. The molecule has 1 saturated heterocycles. The first-order valence-electron chi connectivity index (χ1n) is 7.82. The number of likely N-dealkylation sites (tertiary alicyclic amines) is 1. The lowest BCUT2D eigenvalue weighted by molar-refractivity contribution is 0.140. The lowest BCUT2D eigenvalue weighted by atomic mass is 9.97. The van der Waals surface area contributed by atoms with Gasteiger partial charge in [0.15, 0.2) is 0 Å². The number of aliphatic hydroxyl groups excluding tert-OH is 1. The smallest absolute Gasteiger partial charge is 0.123 e. The van der Waals surface area contributed by atoms with Gasteiger partial charge in [0.05, 0.1) is 18.3 Å². The van der Waals surface area contributed by atoms with Gasteiger partial charge in [-0.2, -0.15) is 0 Å². The summed E-state index contributed by atoms with van der Waals surface area (Å²) in [5, 5.41) is 10.3. The molecule has 0 unspecified atom stereocenters. The van der Waals surface area contributed by atoms with Crippen molar-refractivity contribution in [2.24, 2.45) is 13.0 Å². The average molecular weight is 300 g/mol. The van der Waals surface area contributed by atoms with E-state index in [2.05, 4.69) is 33.4 Å². The van der Waals surface area contributed by atoms with Gasteiger partial charge in [-0.3, -0.25) is 9.88 Å². The first-order chi connectivity index (χ1) is 10.5. The highest BCUT2D eigenvalue weighted by Gasteiger charge is 2.31. The fraction of sp³-hybridized carbons (Fsp3) is 0.529. The SMILES string of the molecule is Cc1nc(CN2C[C@@H](Cc3ccncc3)[C@@H](O)C2)n(C)c1C. The van der Waals surface area contributed by atoms with E-state index < -0.39 is 0 Å².